The molecule has 0 fully saturated rings. The van der Waals surface area contributed by atoms with E-state index in [0.29, 0.717) is 17.9 Å². The molecule has 0 radical (unpaired) electrons. The molecule has 0 bridgehead atoms. The molecule has 4 rings (SSSR count). The van der Waals surface area contributed by atoms with Crippen LogP contribution in [0.2, 0.25) is 0 Å². The molecule has 0 amide bonds. The Labute approximate surface area is 172 Å². The minimum Gasteiger partial charge on any atom is -0.494 e. The number of ketones is 1. The molecule has 1 aliphatic heterocycles. The van der Waals surface area contributed by atoms with Gasteiger partial charge in [-0.05, 0) is 67.1 Å². The first kappa shape index (κ1) is 19.4. The number of Topliss-reactive ketones (excluding diaryl/α,β-unsaturated/α-hetero) is 1. The number of benzene rings is 3. The summed E-state index contributed by atoms with van der Waals surface area (Å²) in [5.41, 5.74) is 1.39. The van der Waals surface area contributed by atoms with Gasteiger partial charge < -0.3 is 14.2 Å². The fraction of sp³-hybridized carbons (Fsp3) is 0.0833. The first-order valence-corrected chi connectivity index (χ1v) is 9.32. The van der Waals surface area contributed by atoms with Gasteiger partial charge in [-0.25, -0.2) is 9.18 Å². The van der Waals surface area contributed by atoms with E-state index in [9.17, 15) is 14.0 Å². The first-order valence-electron chi connectivity index (χ1n) is 9.32. The normalized spacial score (nSPS) is 13.7. The van der Waals surface area contributed by atoms with Crippen LogP contribution in [0.5, 0.6) is 17.2 Å². The van der Waals surface area contributed by atoms with Gasteiger partial charge in [-0.15, -0.1) is 0 Å². The largest absolute Gasteiger partial charge is 0.494 e. The predicted octanol–water partition coefficient (Wildman–Crippen LogP) is 5.06. The van der Waals surface area contributed by atoms with Gasteiger partial charge in [0.1, 0.15) is 23.1 Å². The van der Waals surface area contributed by atoms with E-state index in [2.05, 4.69) is 0 Å². The van der Waals surface area contributed by atoms with Gasteiger partial charge in [0.2, 0.25) is 5.78 Å². The summed E-state index contributed by atoms with van der Waals surface area (Å²) in [6.45, 7) is 2.48. The summed E-state index contributed by atoms with van der Waals surface area (Å²) in [7, 11) is 0. The van der Waals surface area contributed by atoms with Crippen molar-refractivity contribution in [3.05, 3.63) is 95.0 Å². The topological polar surface area (TPSA) is 61.8 Å². The molecule has 3 aromatic carbocycles. The van der Waals surface area contributed by atoms with Crippen molar-refractivity contribution in [3.63, 3.8) is 0 Å². The molecule has 3 aromatic rings. The van der Waals surface area contributed by atoms with Gasteiger partial charge in [0.05, 0.1) is 17.7 Å². The summed E-state index contributed by atoms with van der Waals surface area (Å²) in [5.74, 6) is 0.118. The van der Waals surface area contributed by atoms with Crippen LogP contribution in [0.1, 0.15) is 33.2 Å². The highest BCUT2D eigenvalue weighted by Crippen LogP contribution is 2.35. The van der Waals surface area contributed by atoms with Gasteiger partial charge >= 0.3 is 5.97 Å². The number of carbonyl (C=O) groups excluding carboxylic acids is 2. The summed E-state index contributed by atoms with van der Waals surface area (Å²) in [5, 5.41) is 0. The van der Waals surface area contributed by atoms with Gasteiger partial charge in [0, 0.05) is 6.07 Å². The van der Waals surface area contributed by atoms with Crippen molar-refractivity contribution in [3.8, 4) is 17.2 Å². The number of ether oxygens (including phenoxy) is 3. The number of hydrogen-bond donors (Lipinski definition) is 0. The van der Waals surface area contributed by atoms with Crippen molar-refractivity contribution < 1.29 is 28.2 Å². The van der Waals surface area contributed by atoms with Crippen LogP contribution in [0.4, 0.5) is 4.39 Å². The minimum absolute atomic E-state index is 0.177. The fourth-order valence-electron chi connectivity index (χ4n) is 2.96. The van der Waals surface area contributed by atoms with E-state index in [1.165, 1.54) is 36.4 Å². The lowest BCUT2D eigenvalue weighted by molar-refractivity contribution is 0.0734. The molecule has 0 N–H and O–H groups in total. The van der Waals surface area contributed by atoms with Crippen molar-refractivity contribution >= 4 is 17.8 Å². The van der Waals surface area contributed by atoms with E-state index in [4.69, 9.17) is 14.2 Å². The highest BCUT2D eigenvalue weighted by Gasteiger charge is 2.28. The highest BCUT2D eigenvalue weighted by atomic mass is 19.1. The minimum atomic E-state index is -0.635. The second kappa shape index (κ2) is 8.21. The highest BCUT2D eigenvalue weighted by molar-refractivity contribution is 6.14. The van der Waals surface area contributed by atoms with Gasteiger partial charge in [0.15, 0.2) is 5.76 Å². The van der Waals surface area contributed by atoms with Crippen LogP contribution in [-0.4, -0.2) is 18.4 Å². The Kier molecular flexibility index (Phi) is 5.30. The summed E-state index contributed by atoms with van der Waals surface area (Å²) in [6.07, 6.45) is 1.64. The molecular formula is C24H17FO5. The van der Waals surface area contributed by atoms with Crippen LogP contribution < -0.4 is 14.2 Å². The summed E-state index contributed by atoms with van der Waals surface area (Å²) in [6, 6.07) is 16.9. The molecule has 6 heteroatoms. The maximum absolute atomic E-state index is 13.0. The third-order valence-corrected chi connectivity index (χ3v) is 4.42. The molecule has 0 saturated carbocycles. The van der Waals surface area contributed by atoms with Crippen LogP contribution in [0, 0.1) is 5.82 Å². The fourth-order valence-corrected chi connectivity index (χ4v) is 2.96. The molecule has 0 saturated heterocycles. The Morgan fingerprint density at radius 2 is 1.70 bits per heavy atom. The van der Waals surface area contributed by atoms with E-state index in [0.717, 1.165) is 11.3 Å². The van der Waals surface area contributed by atoms with E-state index >= 15 is 0 Å². The Morgan fingerprint density at radius 1 is 1.00 bits per heavy atom. The van der Waals surface area contributed by atoms with Crippen molar-refractivity contribution in [2.75, 3.05) is 6.61 Å². The number of hydrogen-bond acceptors (Lipinski definition) is 5. The van der Waals surface area contributed by atoms with Crippen LogP contribution in [0.15, 0.2) is 72.5 Å². The Morgan fingerprint density at radius 3 is 2.40 bits per heavy atom. The van der Waals surface area contributed by atoms with Gasteiger partial charge in [-0.3, -0.25) is 4.79 Å². The lowest BCUT2D eigenvalue weighted by Crippen LogP contribution is -2.08. The Balaban J connectivity index is 1.50. The maximum Gasteiger partial charge on any atom is 0.343 e. The average molecular weight is 404 g/mol. The summed E-state index contributed by atoms with van der Waals surface area (Å²) < 4.78 is 29.4. The lowest BCUT2D eigenvalue weighted by Gasteiger charge is -2.05. The molecule has 0 spiro atoms. The zero-order valence-corrected chi connectivity index (χ0v) is 16.1. The maximum atomic E-state index is 13.0. The molecule has 0 aliphatic carbocycles. The molecular weight excluding hydrogens is 387 g/mol. The Bertz CT molecular complexity index is 1130. The number of allylic oxidation sites excluding steroid dienone is 1. The quantitative estimate of drug-likeness (QED) is 0.338. The first-order chi connectivity index (χ1) is 14.5. The zero-order chi connectivity index (χ0) is 21.1. The van der Waals surface area contributed by atoms with Crippen LogP contribution in [0.3, 0.4) is 0 Å². The summed E-state index contributed by atoms with van der Waals surface area (Å²) in [4.78, 5) is 24.8. The third kappa shape index (κ3) is 4.07. The molecule has 0 atom stereocenters. The van der Waals surface area contributed by atoms with Crippen molar-refractivity contribution in [1.82, 2.24) is 0 Å². The number of fused-ring (bicyclic) bond motifs is 1. The van der Waals surface area contributed by atoms with Crippen LogP contribution in [0.25, 0.3) is 6.08 Å². The van der Waals surface area contributed by atoms with E-state index in [1.807, 2.05) is 31.2 Å². The predicted molar refractivity (Wildman–Crippen MR) is 108 cm³/mol. The number of halogens is 1. The second-order valence-electron chi connectivity index (χ2n) is 6.50. The molecule has 1 heterocycles. The van der Waals surface area contributed by atoms with Gasteiger partial charge in [-0.2, -0.15) is 0 Å². The lowest BCUT2D eigenvalue weighted by atomic mass is 10.1. The van der Waals surface area contributed by atoms with E-state index in [-0.39, 0.29) is 22.9 Å². The SMILES string of the molecule is CCOc1ccc(C=C2Oc3cc(OC(=O)c4ccc(F)cc4)ccc3C2=O)cc1. The molecule has 150 valence electrons. The average Bonchev–Trinajstić information content (AvgIpc) is 3.05. The Hall–Kier alpha value is -3.93. The van der Waals surface area contributed by atoms with E-state index in [1.54, 1.807) is 12.1 Å². The number of rotatable bonds is 5. The second-order valence-corrected chi connectivity index (χ2v) is 6.50. The van der Waals surface area contributed by atoms with Gasteiger partial charge in [-0.1, -0.05) is 12.1 Å². The van der Waals surface area contributed by atoms with E-state index < -0.39 is 11.8 Å². The summed E-state index contributed by atoms with van der Waals surface area (Å²) >= 11 is 0. The van der Waals surface area contributed by atoms with Crippen molar-refractivity contribution in [1.29, 1.82) is 0 Å². The monoisotopic (exact) mass is 404 g/mol. The van der Waals surface area contributed by atoms with Crippen LogP contribution in [-0.2, 0) is 0 Å². The molecule has 0 aromatic heterocycles. The number of carbonyl (C=O) groups is 2. The van der Waals surface area contributed by atoms with Crippen molar-refractivity contribution in [2.45, 2.75) is 6.92 Å². The van der Waals surface area contributed by atoms with Crippen LogP contribution >= 0.6 is 0 Å². The smallest absolute Gasteiger partial charge is 0.343 e. The molecule has 5 nitrogen and oxygen atoms in total. The number of esters is 1. The molecule has 1 aliphatic rings. The zero-order valence-electron chi connectivity index (χ0n) is 16.1. The van der Waals surface area contributed by atoms with Gasteiger partial charge in [0.25, 0.3) is 0 Å². The molecule has 30 heavy (non-hydrogen) atoms. The van der Waals surface area contributed by atoms with Crippen molar-refractivity contribution in [2.24, 2.45) is 0 Å². The third-order valence-electron chi connectivity index (χ3n) is 4.42. The standard InChI is InChI=1S/C24H17FO5/c1-2-28-18-9-3-15(4-10-18)13-22-23(26)20-12-11-19(14-21(20)30-22)29-24(27)16-5-7-17(25)8-6-16/h3-14H,2H2,1H3. The molecule has 0 unspecified atom stereocenters.